The van der Waals surface area contributed by atoms with Crippen LogP contribution in [0.4, 0.5) is 11.6 Å². The first-order chi connectivity index (χ1) is 16.9. The molecule has 3 N–H and O–H groups in total. The van der Waals surface area contributed by atoms with Crippen LogP contribution in [-0.4, -0.2) is 48.9 Å². The minimum Gasteiger partial charge on any atom is -0.383 e. The Morgan fingerprint density at radius 3 is 2.83 bits per heavy atom. The summed E-state index contributed by atoms with van der Waals surface area (Å²) in [6.07, 6.45) is 9.72. The van der Waals surface area contributed by atoms with Gasteiger partial charge in [0.25, 0.3) is 0 Å². The third kappa shape index (κ3) is 3.68. The fourth-order valence-corrected chi connectivity index (χ4v) is 4.43. The van der Waals surface area contributed by atoms with Crippen molar-refractivity contribution in [3.8, 4) is 11.3 Å². The molecule has 1 aliphatic carbocycles. The van der Waals surface area contributed by atoms with Gasteiger partial charge in [-0.1, -0.05) is 6.58 Å². The van der Waals surface area contributed by atoms with Gasteiger partial charge in [-0.3, -0.25) is 19.5 Å². The highest BCUT2D eigenvalue weighted by Crippen LogP contribution is 2.47. The van der Waals surface area contributed by atoms with Crippen molar-refractivity contribution in [1.29, 1.82) is 0 Å². The number of pyridine rings is 3. The number of carbonyl (C=O) groups is 1. The number of nitrogens with one attached hydrogen (secondary N) is 1. The molecule has 4 aromatic rings. The lowest BCUT2D eigenvalue weighted by Crippen LogP contribution is -2.16. The average Bonchev–Trinajstić information content (AvgIpc) is 3.54. The van der Waals surface area contributed by atoms with Crippen LogP contribution in [0.25, 0.3) is 27.7 Å². The van der Waals surface area contributed by atoms with E-state index in [0.29, 0.717) is 22.7 Å². The molecule has 0 unspecified atom stereocenters. The number of nitrogens with two attached hydrogens (primary N) is 1. The molecule has 6 rings (SSSR count). The van der Waals surface area contributed by atoms with E-state index in [0.717, 1.165) is 39.9 Å². The first-order valence-corrected chi connectivity index (χ1v) is 11.2. The van der Waals surface area contributed by atoms with Crippen LogP contribution in [0.2, 0.25) is 0 Å². The van der Waals surface area contributed by atoms with Crippen LogP contribution in [0.15, 0.2) is 54.7 Å². The summed E-state index contributed by atoms with van der Waals surface area (Å²) < 4.78 is 1.75. The first kappa shape index (κ1) is 21.0. The highest BCUT2D eigenvalue weighted by atomic mass is 16.2. The molecule has 1 aliphatic heterocycles. The number of aromatic nitrogens is 5. The summed E-state index contributed by atoms with van der Waals surface area (Å²) in [5.74, 6) is 0.915. The van der Waals surface area contributed by atoms with Crippen molar-refractivity contribution in [3.05, 3.63) is 66.4 Å². The summed E-state index contributed by atoms with van der Waals surface area (Å²) in [7, 11) is 3.70. The maximum atomic E-state index is 12.8. The molecule has 1 amide bonds. The number of nitrogens with zero attached hydrogens (tertiary/aromatic N) is 7. The van der Waals surface area contributed by atoms with Crippen molar-refractivity contribution in [2.24, 2.45) is 18.1 Å². The Bertz CT molecular complexity index is 1550. The van der Waals surface area contributed by atoms with E-state index in [1.807, 2.05) is 44.7 Å². The number of anilines is 2. The molecular weight excluding hydrogens is 442 g/mol. The Kier molecular flexibility index (Phi) is 4.63. The van der Waals surface area contributed by atoms with E-state index in [1.54, 1.807) is 28.3 Å². The molecule has 5 heterocycles. The number of hydrogen-bond acceptors (Lipinski definition) is 8. The van der Waals surface area contributed by atoms with Crippen LogP contribution in [0.1, 0.15) is 29.2 Å². The first-order valence-electron chi connectivity index (χ1n) is 11.2. The monoisotopic (exact) mass is 465 g/mol. The minimum atomic E-state index is -0.0770. The standard InChI is InChI=1S/C25H23N9O/c1-13-23-16(9-30-34(13)3)4-15(8-28-23)21-5-14-6-22(27-11-20(14)24(26)31-21)32-25(35)19-7-18(19)17-10-29-33(2)12-17/h4-6,8-12,18-19H,1,7H2,2-3H3,(H2,26,31)(H,27,32,35)/t18-,19+/m0/s1. The smallest absolute Gasteiger partial charge is 0.229 e. The van der Waals surface area contributed by atoms with Crippen LogP contribution < -0.4 is 11.1 Å². The van der Waals surface area contributed by atoms with Crippen molar-refractivity contribution >= 4 is 40.2 Å². The molecule has 10 nitrogen and oxygen atoms in total. The highest BCUT2D eigenvalue weighted by molar-refractivity contribution is 5.99. The van der Waals surface area contributed by atoms with Crippen LogP contribution >= 0.6 is 0 Å². The fraction of sp³-hybridized carbons (Fsp3) is 0.200. The van der Waals surface area contributed by atoms with Gasteiger partial charge in [0.05, 0.1) is 29.5 Å². The molecule has 0 bridgehead atoms. The van der Waals surface area contributed by atoms with Crippen molar-refractivity contribution in [3.63, 3.8) is 0 Å². The van der Waals surface area contributed by atoms with Gasteiger partial charge in [-0.15, -0.1) is 0 Å². The SMILES string of the molecule is C=C1c2ncc(-c3cc4cc(NC(=O)[C@@H]5C[C@H]5c5cnn(C)c5)ncc4c(N)n3)cc2C=NN1C. The van der Waals surface area contributed by atoms with Gasteiger partial charge in [0.1, 0.15) is 11.6 Å². The van der Waals surface area contributed by atoms with Crippen molar-refractivity contribution in [1.82, 2.24) is 29.7 Å². The number of hydrazone groups is 1. The van der Waals surface area contributed by atoms with Gasteiger partial charge in [-0.2, -0.15) is 10.2 Å². The molecule has 0 aromatic carbocycles. The van der Waals surface area contributed by atoms with Gasteiger partial charge in [0.15, 0.2) is 0 Å². The molecular formula is C25H23N9O. The predicted octanol–water partition coefficient (Wildman–Crippen LogP) is 3.00. The van der Waals surface area contributed by atoms with Gasteiger partial charge >= 0.3 is 0 Å². The topological polar surface area (TPSA) is 127 Å². The summed E-state index contributed by atoms with van der Waals surface area (Å²) in [6.45, 7) is 4.04. The summed E-state index contributed by atoms with van der Waals surface area (Å²) in [5.41, 5.74) is 11.2. The van der Waals surface area contributed by atoms with Gasteiger partial charge in [-0.05, 0) is 41.5 Å². The van der Waals surface area contributed by atoms with E-state index in [9.17, 15) is 4.79 Å². The van der Waals surface area contributed by atoms with E-state index in [-0.39, 0.29) is 17.7 Å². The summed E-state index contributed by atoms with van der Waals surface area (Å²) in [6, 6.07) is 5.70. The summed E-state index contributed by atoms with van der Waals surface area (Å²) in [5, 5.41) is 14.7. The molecule has 174 valence electrons. The Morgan fingerprint density at radius 2 is 2.03 bits per heavy atom. The van der Waals surface area contributed by atoms with Crippen molar-refractivity contribution in [2.45, 2.75) is 12.3 Å². The number of rotatable bonds is 4. The van der Waals surface area contributed by atoms with E-state index < -0.39 is 0 Å². The Hall–Kier alpha value is -4.60. The zero-order valence-electron chi connectivity index (χ0n) is 19.3. The summed E-state index contributed by atoms with van der Waals surface area (Å²) >= 11 is 0. The van der Waals surface area contributed by atoms with E-state index in [4.69, 9.17) is 5.73 Å². The van der Waals surface area contributed by atoms with Crippen LogP contribution in [-0.2, 0) is 11.8 Å². The number of amides is 1. The van der Waals surface area contributed by atoms with Crippen molar-refractivity contribution in [2.75, 3.05) is 18.1 Å². The molecule has 4 aromatic heterocycles. The number of fused-ring (bicyclic) bond motifs is 2. The molecule has 2 atom stereocenters. The normalized spacial score (nSPS) is 18.6. The molecule has 0 spiro atoms. The number of hydrogen-bond donors (Lipinski definition) is 2. The molecule has 35 heavy (non-hydrogen) atoms. The van der Waals surface area contributed by atoms with Crippen molar-refractivity contribution < 1.29 is 4.79 Å². The number of aryl methyl sites for hydroxylation is 1. The third-order valence-electron chi connectivity index (χ3n) is 6.52. The van der Waals surface area contributed by atoms with Crippen LogP contribution in [0, 0.1) is 5.92 Å². The molecule has 1 fully saturated rings. The quantitative estimate of drug-likeness (QED) is 0.474. The van der Waals surface area contributed by atoms with Crippen LogP contribution in [0.5, 0.6) is 0 Å². The lowest BCUT2D eigenvalue weighted by atomic mass is 10.0. The lowest BCUT2D eigenvalue weighted by molar-refractivity contribution is -0.117. The van der Waals surface area contributed by atoms with Gasteiger partial charge in [-0.25, -0.2) is 9.97 Å². The highest BCUT2D eigenvalue weighted by Gasteiger charge is 2.44. The predicted molar refractivity (Wildman–Crippen MR) is 134 cm³/mol. The average molecular weight is 466 g/mol. The zero-order valence-corrected chi connectivity index (χ0v) is 19.3. The fourth-order valence-electron chi connectivity index (χ4n) is 4.43. The van der Waals surface area contributed by atoms with Gasteiger partial charge in [0, 0.05) is 55.1 Å². The molecule has 2 aliphatic rings. The molecule has 1 saturated carbocycles. The molecule has 0 saturated heterocycles. The maximum Gasteiger partial charge on any atom is 0.229 e. The third-order valence-corrected chi connectivity index (χ3v) is 6.52. The van der Waals surface area contributed by atoms with Crippen LogP contribution in [0.3, 0.4) is 0 Å². The maximum absolute atomic E-state index is 12.8. The number of nitrogen functional groups attached to an aromatic ring is 1. The largest absolute Gasteiger partial charge is 0.383 e. The zero-order chi connectivity index (χ0) is 24.3. The van der Waals surface area contributed by atoms with E-state index in [2.05, 4.69) is 37.0 Å². The second-order valence-electron chi connectivity index (χ2n) is 8.95. The summed E-state index contributed by atoms with van der Waals surface area (Å²) in [4.78, 5) is 26.3. The Labute approximate surface area is 201 Å². The number of carbonyl (C=O) groups excluding carboxylic acids is 1. The lowest BCUT2D eigenvalue weighted by Gasteiger charge is -2.21. The molecule has 0 radical (unpaired) electrons. The van der Waals surface area contributed by atoms with E-state index in [1.165, 1.54) is 0 Å². The van der Waals surface area contributed by atoms with Gasteiger partial charge in [0.2, 0.25) is 5.91 Å². The Balaban J connectivity index is 1.27. The second kappa shape index (κ2) is 7.73. The second-order valence-corrected chi connectivity index (χ2v) is 8.95. The minimum absolute atomic E-state index is 0.0451. The molecule has 10 heteroatoms. The van der Waals surface area contributed by atoms with Gasteiger partial charge < -0.3 is 11.1 Å². The van der Waals surface area contributed by atoms with E-state index >= 15 is 0 Å². The Morgan fingerprint density at radius 1 is 1.17 bits per heavy atom.